The molecule has 0 aliphatic rings. The van der Waals surface area contributed by atoms with Crippen molar-refractivity contribution >= 4 is 23.5 Å². The number of aliphatic hydroxyl groups excluding tert-OH is 1. The Kier molecular flexibility index (Phi) is 8.04. The van der Waals surface area contributed by atoms with E-state index in [0.717, 1.165) is 0 Å². The Morgan fingerprint density at radius 1 is 1.24 bits per heavy atom. The van der Waals surface area contributed by atoms with Crippen molar-refractivity contribution < 1.29 is 23.8 Å². The summed E-state index contributed by atoms with van der Waals surface area (Å²) >= 11 is 5.97. The van der Waals surface area contributed by atoms with Crippen molar-refractivity contribution in [1.29, 1.82) is 0 Å². The number of aromatic nitrogens is 4. The lowest BCUT2D eigenvalue weighted by atomic mass is 10.0. The normalized spacial score (nSPS) is 12.1. The molecule has 1 amide bonds. The molecule has 0 spiro atoms. The first-order chi connectivity index (χ1) is 15.7. The maximum Gasteiger partial charge on any atom is 0.336 e. The van der Waals surface area contributed by atoms with Crippen molar-refractivity contribution in [1.82, 2.24) is 31.1 Å². The summed E-state index contributed by atoms with van der Waals surface area (Å²) in [6.45, 7) is 3.16. The van der Waals surface area contributed by atoms with E-state index in [1.54, 1.807) is 38.1 Å². The first-order valence-electron chi connectivity index (χ1n) is 9.95. The van der Waals surface area contributed by atoms with Gasteiger partial charge in [-0.3, -0.25) is 10.2 Å². The number of carbonyl (C=O) groups excluding carboxylic acids is 2. The van der Waals surface area contributed by atoms with Gasteiger partial charge >= 0.3 is 11.9 Å². The van der Waals surface area contributed by atoms with Crippen LogP contribution in [-0.2, 0) is 16.1 Å². The number of tetrazole rings is 1. The Hall–Kier alpha value is -3.41. The molecule has 1 heterocycles. The third-order valence-electron chi connectivity index (χ3n) is 4.40. The first-order valence-corrected chi connectivity index (χ1v) is 10.3. The van der Waals surface area contributed by atoms with Gasteiger partial charge < -0.3 is 9.84 Å². The molecule has 1 unspecified atom stereocenters. The van der Waals surface area contributed by atoms with Crippen LogP contribution in [0, 0.1) is 5.82 Å². The molecule has 0 bridgehead atoms. The van der Waals surface area contributed by atoms with Crippen molar-refractivity contribution in [2.75, 3.05) is 6.54 Å². The quantitative estimate of drug-likeness (QED) is 0.316. The summed E-state index contributed by atoms with van der Waals surface area (Å²) in [5, 5.41) is 24.5. The van der Waals surface area contributed by atoms with Crippen molar-refractivity contribution in [3.8, 4) is 11.1 Å². The average Bonchev–Trinajstić information content (AvgIpc) is 3.30. The second-order valence-corrected chi connectivity index (χ2v) is 7.83. The van der Waals surface area contributed by atoms with E-state index in [4.69, 9.17) is 16.3 Å². The van der Waals surface area contributed by atoms with Gasteiger partial charge in [0.05, 0.1) is 12.6 Å². The number of aliphatic hydroxyl groups is 1. The van der Waals surface area contributed by atoms with Gasteiger partial charge in [-0.1, -0.05) is 35.9 Å². The van der Waals surface area contributed by atoms with E-state index >= 15 is 0 Å². The van der Waals surface area contributed by atoms with Gasteiger partial charge in [0.2, 0.25) is 5.82 Å². The van der Waals surface area contributed by atoms with Gasteiger partial charge in [0.25, 0.3) is 0 Å². The number of hydrogen-bond acceptors (Lipinski definition) is 8. The van der Waals surface area contributed by atoms with Gasteiger partial charge in [-0.2, -0.15) is 0 Å². The summed E-state index contributed by atoms with van der Waals surface area (Å²) in [6, 6.07) is 11.1. The van der Waals surface area contributed by atoms with Crippen molar-refractivity contribution in [3.05, 3.63) is 64.7 Å². The number of esters is 1. The first kappa shape index (κ1) is 24.2. The predicted molar refractivity (Wildman–Crippen MR) is 116 cm³/mol. The fourth-order valence-corrected chi connectivity index (χ4v) is 3.10. The number of hydrogen-bond donors (Lipinski definition) is 3. The second kappa shape index (κ2) is 10.9. The number of aromatic amines is 1. The lowest BCUT2D eigenvalue weighted by Gasteiger charge is -2.25. The van der Waals surface area contributed by atoms with Crippen LogP contribution >= 0.6 is 11.6 Å². The SMILES string of the molecule is CC(C)OC(=O)C(O)CN(Cc1ccc(-c2cc(Cl)ccc2F)cc1)NC(=O)c1nnn[nH]1. The van der Waals surface area contributed by atoms with Crippen LogP contribution in [0.4, 0.5) is 4.39 Å². The zero-order valence-corrected chi connectivity index (χ0v) is 18.6. The van der Waals surface area contributed by atoms with Crippen LogP contribution < -0.4 is 5.43 Å². The Morgan fingerprint density at radius 3 is 2.61 bits per heavy atom. The van der Waals surface area contributed by atoms with E-state index in [0.29, 0.717) is 21.7 Å². The molecular formula is C21H22ClFN6O4. The maximum absolute atomic E-state index is 14.1. The Balaban J connectivity index is 1.76. The smallest absolute Gasteiger partial charge is 0.336 e. The van der Waals surface area contributed by atoms with Crippen LogP contribution in [0.2, 0.25) is 5.02 Å². The van der Waals surface area contributed by atoms with Crippen LogP contribution in [0.3, 0.4) is 0 Å². The van der Waals surface area contributed by atoms with Crippen LogP contribution in [0.15, 0.2) is 42.5 Å². The van der Waals surface area contributed by atoms with E-state index in [9.17, 15) is 19.1 Å². The molecule has 12 heteroatoms. The zero-order chi connectivity index (χ0) is 24.0. The minimum atomic E-state index is -1.51. The van der Waals surface area contributed by atoms with Gasteiger partial charge in [0.15, 0.2) is 6.10 Å². The number of nitrogens with zero attached hydrogens (tertiary/aromatic N) is 4. The minimum absolute atomic E-state index is 0.109. The van der Waals surface area contributed by atoms with Gasteiger partial charge in [-0.25, -0.2) is 19.3 Å². The molecule has 0 radical (unpaired) electrons. The summed E-state index contributed by atoms with van der Waals surface area (Å²) < 4.78 is 19.2. The Labute approximate surface area is 193 Å². The van der Waals surface area contributed by atoms with Gasteiger partial charge in [0.1, 0.15) is 5.82 Å². The Morgan fingerprint density at radius 2 is 1.97 bits per heavy atom. The minimum Gasteiger partial charge on any atom is -0.461 e. The highest BCUT2D eigenvalue weighted by Crippen LogP contribution is 2.26. The fraction of sp³-hybridized carbons (Fsp3) is 0.286. The van der Waals surface area contributed by atoms with Crippen LogP contribution in [-0.4, -0.2) is 61.4 Å². The number of rotatable bonds is 9. The van der Waals surface area contributed by atoms with Crippen LogP contribution in [0.25, 0.3) is 11.1 Å². The lowest BCUT2D eigenvalue weighted by Crippen LogP contribution is -2.48. The average molecular weight is 477 g/mol. The molecular weight excluding hydrogens is 455 g/mol. The molecule has 10 nitrogen and oxygen atoms in total. The van der Waals surface area contributed by atoms with Crippen LogP contribution in [0.1, 0.15) is 30.0 Å². The molecule has 1 aromatic heterocycles. The fourth-order valence-electron chi connectivity index (χ4n) is 2.92. The number of halogens is 2. The number of amides is 1. The highest BCUT2D eigenvalue weighted by Gasteiger charge is 2.24. The predicted octanol–water partition coefficient (Wildman–Crippen LogP) is 2.12. The lowest BCUT2D eigenvalue weighted by molar-refractivity contribution is -0.158. The van der Waals surface area contributed by atoms with E-state index in [2.05, 4.69) is 26.0 Å². The molecule has 3 aromatic rings. The standard InChI is InChI=1S/C21H22ClFN6O4/c1-12(2)33-21(32)18(30)11-29(26-20(31)19-24-27-28-25-19)10-13-3-5-14(6-4-13)16-9-15(22)7-8-17(16)23/h3-9,12,18,30H,10-11H2,1-2H3,(H,26,31)(H,24,25,27,28). The molecule has 0 saturated carbocycles. The number of H-pyrrole nitrogens is 1. The van der Waals surface area contributed by atoms with E-state index in [1.165, 1.54) is 23.2 Å². The highest BCUT2D eigenvalue weighted by molar-refractivity contribution is 6.30. The largest absolute Gasteiger partial charge is 0.461 e. The molecule has 1 atom stereocenters. The summed E-state index contributed by atoms with van der Waals surface area (Å²) in [7, 11) is 0. The molecule has 2 aromatic carbocycles. The zero-order valence-electron chi connectivity index (χ0n) is 17.8. The molecule has 174 valence electrons. The topological polar surface area (TPSA) is 133 Å². The summed E-state index contributed by atoms with van der Waals surface area (Å²) in [4.78, 5) is 24.4. The second-order valence-electron chi connectivity index (χ2n) is 7.39. The van der Waals surface area contributed by atoms with Crippen LogP contribution in [0.5, 0.6) is 0 Å². The van der Waals surface area contributed by atoms with E-state index in [1.807, 2.05) is 0 Å². The third kappa shape index (κ3) is 6.78. The van der Waals surface area contributed by atoms with Crippen molar-refractivity contribution in [2.45, 2.75) is 32.6 Å². The number of carbonyl (C=O) groups is 2. The van der Waals surface area contributed by atoms with Crippen molar-refractivity contribution in [3.63, 3.8) is 0 Å². The van der Waals surface area contributed by atoms with Gasteiger partial charge in [-0.05, 0) is 53.6 Å². The maximum atomic E-state index is 14.1. The summed E-state index contributed by atoms with van der Waals surface area (Å²) in [5.41, 5.74) is 4.22. The van der Waals surface area contributed by atoms with E-state index in [-0.39, 0.29) is 18.9 Å². The molecule has 3 rings (SSSR count). The van der Waals surface area contributed by atoms with Crippen molar-refractivity contribution in [2.24, 2.45) is 0 Å². The number of hydrazine groups is 1. The summed E-state index contributed by atoms with van der Waals surface area (Å²) in [6.07, 6.45) is -1.92. The molecule has 0 aliphatic heterocycles. The number of benzene rings is 2. The van der Waals surface area contributed by atoms with E-state index < -0.39 is 29.9 Å². The number of nitrogens with one attached hydrogen (secondary N) is 2. The summed E-state index contributed by atoms with van der Waals surface area (Å²) in [5.74, 6) is -2.04. The third-order valence-corrected chi connectivity index (χ3v) is 4.64. The van der Waals surface area contributed by atoms with Gasteiger partial charge in [0, 0.05) is 17.1 Å². The molecule has 3 N–H and O–H groups in total. The molecule has 0 fully saturated rings. The highest BCUT2D eigenvalue weighted by atomic mass is 35.5. The Bertz CT molecular complexity index is 1090. The molecule has 0 aliphatic carbocycles. The van der Waals surface area contributed by atoms with Gasteiger partial charge in [-0.15, -0.1) is 5.10 Å². The molecule has 33 heavy (non-hydrogen) atoms. The number of ether oxygens (including phenoxy) is 1. The monoisotopic (exact) mass is 476 g/mol. The molecule has 0 saturated heterocycles.